The number of phosphoric ester groups is 2. The average molecular weight is 827 g/mol. The van der Waals surface area contributed by atoms with Crippen LogP contribution < -0.4 is 0 Å². The molecule has 0 heterocycles. The van der Waals surface area contributed by atoms with Crippen LogP contribution in [0.2, 0.25) is 0 Å². The predicted molar refractivity (Wildman–Crippen MR) is 210 cm³/mol. The van der Waals surface area contributed by atoms with Crippen molar-refractivity contribution in [3.8, 4) is 0 Å². The van der Waals surface area contributed by atoms with Crippen molar-refractivity contribution >= 4 is 27.6 Å². The Hall–Kier alpha value is -2.00. The molecule has 0 aliphatic rings. The van der Waals surface area contributed by atoms with Crippen LogP contribution in [0.4, 0.5) is 0 Å². The Labute approximate surface area is 327 Å². The highest BCUT2D eigenvalue weighted by atomic mass is 31.2. The summed E-state index contributed by atoms with van der Waals surface area (Å²) in [6.45, 7) is 3.55. The molecule has 15 nitrogen and oxygen atoms in total. The molecule has 0 aliphatic carbocycles. The van der Waals surface area contributed by atoms with E-state index in [0.717, 1.165) is 51.4 Å². The third-order valence-electron chi connectivity index (χ3n) is 7.85. The fraction of sp³-hybridized carbons (Fsp3) is 0.737. The van der Waals surface area contributed by atoms with Crippen LogP contribution in [0.5, 0.6) is 0 Å². The zero-order valence-corrected chi connectivity index (χ0v) is 34.7. The van der Waals surface area contributed by atoms with E-state index in [9.17, 15) is 38.9 Å². The maximum absolute atomic E-state index is 12.6. The number of unbranched alkanes of at least 4 members (excludes halogenated alkanes) is 7. The van der Waals surface area contributed by atoms with Crippen LogP contribution >= 0.6 is 15.6 Å². The summed E-state index contributed by atoms with van der Waals surface area (Å²) in [5.41, 5.74) is 0. The molecule has 320 valence electrons. The summed E-state index contributed by atoms with van der Waals surface area (Å²) in [5.74, 6) is -0.590. The Morgan fingerprint density at radius 2 is 1.15 bits per heavy atom. The normalized spacial score (nSPS) is 16.0. The van der Waals surface area contributed by atoms with Gasteiger partial charge in [-0.3, -0.25) is 23.2 Å². The van der Waals surface area contributed by atoms with Crippen LogP contribution in [0.15, 0.2) is 48.6 Å². The molecule has 0 saturated carbocycles. The number of esters is 2. The van der Waals surface area contributed by atoms with Crippen molar-refractivity contribution < 1.29 is 71.8 Å². The van der Waals surface area contributed by atoms with Gasteiger partial charge in [-0.05, 0) is 38.0 Å². The van der Waals surface area contributed by atoms with Gasteiger partial charge in [0.05, 0.1) is 32.0 Å². The number of ether oxygens (including phenoxy) is 2. The Balaban J connectivity index is 4.83. The summed E-state index contributed by atoms with van der Waals surface area (Å²) in [6.07, 6.45) is 22.3. The smallest absolute Gasteiger partial charge is 0.462 e. The minimum atomic E-state index is -4.89. The quantitative estimate of drug-likeness (QED) is 0.0165. The first-order valence-electron chi connectivity index (χ1n) is 19.4. The summed E-state index contributed by atoms with van der Waals surface area (Å²) in [6, 6.07) is 0. The van der Waals surface area contributed by atoms with Gasteiger partial charge < -0.3 is 39.5 Å². The van der Waals surface area contributed by atoms with E-state index in [1.165, 1.54) is 12.8 Å². The van der Waals surface area contributed by atoms with Gasteiger partial charge in [0, 0.05) is 12.8 Å². The molecule has 0 rings (SSSR count). The predicted octanol–water partition coefficient (Wildman–Crippen LogP) is 6.91. The van der Waals surface area contributed by atoms with Crippen molar-refractivity contribution in [1.29, 1.82) is 0 Å². The maximum atomic E-state index is 12.6. The van der Waals surface area contributed by atoms with Crippen LogP contribution in [0.3, 0.4) is 0 Å². The number of allylic oxidation sites excluding steroid dienone is 6. The van der Waals surface area contributed by atoms with Crippen molar-refractivity contribution in [2.45, 2.75) is 148 Å². The molecule has 0 aromatic carbocycles. The number of aliphatic hydroxyl groups is 3. The van der Waals surface area contributed by atoms with E-state index in [4.69, 9.17) is 23.8 Å². The number of carbonyl (C=O) groups is 2. The van der Waals surface area contributed by atoms with E-state index in [2.05, 4.69) is 29.8 Å². The second kappa shape index (κ2) is 33.0. The van der Waals surface area contributed by atoms with Crippen LogP contribution in [0.1, 0.15) is 124 Å². The van der Waals surface area contributed by atoms with Crippen molar-refractivity contribution in [1.82, 2.24) is 0 Å². The topological polar surface area (TPSA) is 236 Å². The van der Waals surface area contributed by atoms with Gasteiger partial charge in [-0.25, -0.2) is 9.13 Å². The summed E-state index contributed by atoms with van der Waals surface area (Å²) in [5, 5.41) is 29.8. The van der Waals surface area contributed by atoms with Gasteiger partial charge in [0.15, 0.2) is 6.10 Å². The van der Waals surface area contributed by atoms with E-state index in [1.54, 1.807) is 24.3 Å². The molecule has 0 saturated heterocycles. The van der Waals surface area contributed by atoms with E-state index >= 15 is 0 Å². The molecule has 0 aromatic heterocycles. The number of hydrogen-bond donors (Lipinski definition) is 6. The fourth-order valence-electron chi connectivity index (χ4n) is 4.80. The van der Waals surface area contributed by atoms with E-state index in [-0.39, 0.29) is 25.7 Å². The van der Waals surface area contributed by atoms with Gasteiger partial charge in [-0.2, -0.15) is 0 Å². The molecular weight excluding hydrogens is 758 g/mol. The molecule has 17 heteroatoms. The van der Waals surface area contributed by atoms with Gasteiger partial charge in [0.25, 0.3) is 0 Å². The second-order valence-electron chi connectivity index (χ2n) is 13.7. The first kappa shape index (κ1) is 53.0. The first-order valence-corrected chi connectivity index (χ1v) is 22.4. The van der Waals surface area contributed by atoms with Gasteiger partial charge >= 0.3 is 27.6 Å². The SMILES string of the molecule is CCCCC[C@@H](O)/C=C/C=C\C/C=C\C=C\[C@@H](O)CCCC(=O)O[C@H](COC(=O)CCCCCCCCC(C)C)COP(=O)(O)OC[C@@H](O)COP(=O)(O)O. The van der Waals surface area contributed by atoms with Gasteiger partial charge in [-0.1, -0.05) is 127 Å². The van der Waals surface area contributed by atoms with E-state index in [1.807, 2.05) is 24.3 Å². The summed E-state index contributed by atoms with van der Waals surface area (Å²) in [4.78, 5) is 52.4. The number of hydrogen-bond acceptors (Lipinski definition) is 12. The lowest BCUT2D eigenvalue weighted by molar-refractivity contribution is -0.161. The number of phosphoric acid groups is 2. The Bertz CT molecular complexity index is 1210. The largest absolute Gasteiger partial charge is 0.472 e. The Morgan fingerprint density at radius 1 is 0.618 bits per heavy atom. The molecule has 6 N–H and O–H groups in total. The molecule has 0 fully saturated rings. The fourth-order valence-corrected chi connectivity index (χ4v) is 5.96. The minimum absolute atomic E-state index is 0.118. The number of rotatable bonds is 35. The molecule has 0 radical (unpaired) electrons. The van der Waals surface area contributed by atoms with Crippen LogP contribution in [-0.2, 0) is 41.8 Å². The zero-order chi connectivity index (χ0) is 41.4. The van der Waals surface area contributed by atoms with Crippen molar-refractivity contribution in [2.24, 2.45) is 5.92 Å². The summed E-state index contributed by atoms with van der Waals surface area (Å²) in [7, 11) is -9.75. The molecule has 0 bridgehead atoms. The van der Waals surface area contributed by atoms with Gasteiger partial charge in [0.1, 0.15) is 12.7 Å². The molecular formula is C38H68O15P2. The number of carbonyl (C=O) groups excluding carboxylic acids is 2. The zero-order valence-electron chi connectivity index (χ0n) is 32.9. The second-order valence-corrected chi connectivity index (χ2v) is 16.4. The van der Waals surface area contributed by atoms with Crippen molar-refractivity contribution in [3.63, 3.8) is 0 Å². The van der Waals surface area contributed by atoms with Crippen molar-refractivity contribution in [3.05, 3.63) is 48.6 Å². The highest BCUT2D eigenvalue weighted by molar-refractivity contribution is 7.47. The summed E-state index contributed by atoms with van der Waals surface area (Å²) < 4.78 is 47.3. The third kappa shape index (κ3) is 37.3. The van der Waals surface area contributed by atoms with Crippen LogP contribution in [0.25, 0.3) is 0 Å². The molecule has 0 aliphatic heterocycles. The number of aliphatic hydroxyl groups excluding tert-OH is 3. The van der Waals surface area contributed by atoms with E-state index < -0.39 is 78.4 Å². The Morgan fingerprint density at radius 3 is 1.75 bits per heavy atom. The molecule has 5 atom stereocenters. The lowest BCUT2D eigenvalue weighted by Gasteiger charge is -2.20. The molecule has 0 spiro atoms. The van der Waals surface area contributed by atoms with Gasteiger partial charge in [-0.15, -0.1) is 0 Å². The maximum Gasteiger partial charge on any atom is 0.472 e. The highest BCUT2D eigenvalue weighted by Crippen LogP contribution is 2.43. The lowest BCUT2D eigenvalue weighted by Crippen LogP contribution is -2.30. The Kier molecular flexibility index (Phi) is 31.8. The molecule has 55 heavy (non-hydrogen) atoms. The molecule has 0 amide bonds. The highest BCUT2D eigenvalue weighted by Gasteiger charge is 2.28. The molecule has 1 unspecified atom stereocenters. The third-order valence-corrected chi connectivity index (χ3v) is 9.28. The monoisotopic (exact) mass is 826 g/mol. The standard InChI is InChI=1S/C38H68O15P2/c1-4-5-15-22-33(39)23-17-12-7-6-8-13-18-24-34(40)25-20-27-38(43)53-36(30-49-37(42)26-19-14-10-9-11-16-21-32(2)3)31-52-55(47,48)51-29-35(41)28-50-54(44,45)46/h7-8,12-13,17-18,23-24,32-36,39-41H,4-6,9-11,14-16,19-22,25-31H2,1-3H3,(H,47,48)(H2,44,45,46)/b12-7-,13-8-,23-17+,24-18+/t33-,34-,35+,36-/m1/s1. The van der Waals surface area contributed by atoms with Gasteiger partial charge in [0.2, 0.25) is 0 Å². The van der Waals surface area contributed by atoms with E-state index in [0.29, 0.717) is 18.8 Å². The summed E-state index contributed by atoms with van der Waals surface area (Å²) >= 11 is 0. The lowest BCUT2D eigenvalue weighted by atomic mass is 10.0. The van der Waals surface area contributed by atoms with Crippen molar-refractivity contribution in [2.75, 3.05) is 26.4 Å². The van der Waals surface area contributed by atoms with Crippen LogP contribution in [0, 0.1) is 5.92 Å². The minimum Gasteiger partial charge on any atom is -0.462 e. The average Bonchev–Trinajstić information content (AvgIpc) is 3.11. The van der Waals surface area contributed by atoms with Crippen LogP contribution in [-0.4, -0.2) is 92.8 Å². The molecule has 0 aromatic rings. The first-order chi connectivity index (χ1) is 26.0.